The van der Waals surface area contributed by atoms with Crippen LogP contribution in [0.5, 0.6) is 0 Å². The lowest BCUT2D eigenvalue weighted by Gasteiger charge is -2.07. The maximum atomic E-state index is 10.8. The predicted molar refractivity (Wildman–Crippen MR) is 64.9 cm³/mol. The van der Waals surface area contributed by atoms with Gasteiger partial charge >= 0.3 is 5.82 Å². The molecule has 0 aliphatic rings. The fourth-order valence-corrected chi connectivity index (χ4v) is 1.85. The Balaban J connectivity index is 2.74. The van der Waals surface area contributed by atoms with Crippen LogP contribution in [0.1, 0.15) is 58.1 Å². The van der Waals surface area contributed by atoms with Crippen molar-refractivity contribution in [2.45, 2.75) is 58.9 Å². The van der Waals surface area contributed by atoms with E-state index in [1.165, 1.54) is 12.8 Å². The van der Waals surface area contributed by atoms with E-state index in [0.29, 0.717) is 12.2 Å². The summed E-state index contributed by atoms with van der Waals surface area (Å²) in [5, 5.41) is 18.3. The number of nitro groups is 1. The zero-order chi connectivity index (χ0) is 12.8. The molecule has 0 radical (unpaired) electrons. The van der Waals surface area contributed by atoms with Crippen molar-refractivity contribution in [1.29, 1.82) is 0 Å². The molecule has 1 heterocycles. The third-order valence-corrected chi connectivity index (χ3v) is 2.70. The second-order valence-electron chi connectivity index (χ2n) is 4.49. The second kappa shape index (κ2) is 6.32. The van der Waals surface area contributed by atoms with Crippen LogP contribution in [0.15, 0.2) is 0 Å². The number of nitrogens with zero attached hydrogens (tertiary/aromatic N) is 4. The van der Waals surface area contributed by atoms with E-state index >= 15 is 0 Å². The molecular formula is C11H20N4O2. The average molecular weight is 240 g/mol. The van der Waals surface area contributed by atoms with E-state index in [1.54, 1.807) is 4.68 Å². The van der Waals surface area contributed by atoms with Gasteiger partial charge in [-0.05, 0) is 11.3 Å². The highest BCUT2D eigenvalue weighted by Gasteiger charge is 2.25. The van der Waals surface area contributed by atoms with Crippen LogP contribution < -0.4 is 0 Å². The maximum absolute atomic E-state index is 10.8. The lowest BCUT2D eigenvalue weighted by Crippen LogP contribution is -2.08. The van der Waals surface area contributed by atoms with E-state index in [9.17, 15) is 10.1 Å². The van der Waals surface area contributed by atoms with Crippen molar-refractivity contribution in [3.63, 3.8) is 0 Å². The summed E-state index contributed by atoms with van der Waals surface area (Å²) in [6.45, 7) is 6.72. The first-order valence-corrected chi connectivity index (χ1v) is 6.15. The van der Waals surface area contributed by atoms with Gasteiger partial charge in [-0.2, -0.15) is 0 Å². The highest BCUT2D eigenvalue weighted by Crippen LogP contribution is 2.23. The van der Waals surface area contributed by atoms with E-state index in [1.807, 2.05) is 13.8 Å². The number of hydrogen-bond donors (Lipinski definition) is 0. The molecule has 0 amide bonds. The number of hydrogen-bond acceptors (Lipinski definition) is 4. The van der Waals surface area contributed by atoms with Crippen molar-refractivity contribution in [1.82, 2.24) is 15.0 Å². The summed E-state index contributed by atoms with van der Waals surface area (Å²) < 4.78 is 1.68. The molecule has 0 saturated carbocycles. The number of unbranched alkanes of at least 4 members (excludes halogenated alkanes) is 3. The van der Waals surface area contributed by atoms with E-state index < -0.39 is 4.92 Å². The summed E-state index contributed by atoms with van der Waals surface area (Å²) >= 11 is 0. The molecule has 96 valence electrons. The van der Waals surface area contributed by atoms with Gasteiger partial charge in [-0.3, -0.25) is 0 Å². The smallest absolute Gasteiger partial charge is 0.358 e. The summed E-state index contributed by atoms with van der Waals surface area (Å²) in [5.41, 5.74) is 0.631. The van der Waals surface area contributed by atoms with Crippen molar-refractivity contribution in [2.75, 3.05) is 0 Å². The predicted octanol–water partition coefficient (Wildman–Crippen LogP) is 2.89. The molecule has 1 aromatic heterocycles. The van der Waals surface area contributed by atoms with Gasteiger partial charge in [0.2, 0.25) is 0 Å². The minimum absolute atomic E-state index is 0.0663. The highest BCUT2D eigenvalue weighted by molar-refractivity contribution is 5.27. The van der Waals surface area contributed by atoms with Gasteiger partial charge in [-0.1, -0.05) is 40.0 Å². The first-order valence-electron chi connectivity index (χ1n) is 6.15. The van der Waals surface area contributed by atoms with Gasteiger partial charge in [0.05, 0.1) is 5.21 Å². The van der Waals surface area contributed by atoms with Crippen molar-refractivity contribution >= 4 is 5.82 Å². The molecule has 1 aromatic rings. The fraction of sp³-hybridized carbons (Fsp3) is 0.818. The first kappa shape index (κ1) is 13.6. The molecule has 0 atom stereocenters. The van der Waals surface area contributed by atoms with Crippen LogP contribution in [0, 0.1) is 10.1 Å². The summed E-state index contributed by atoms with van der Waals surface area (Å²) in [4.78, 5) is 10.4. The van der Waals surface area contributed by atoms with Crippen LogP contribution in [-0.2, 0) is 6.54 Å². The topological polar surface area (TPSA) is 73.8 Å². The minimum atomic E-state index is -0.453. The molecule has 6 nitrogen and oxygen atoms in total. The Labute approximate surface area is 101 Å². The van der Waals surface area contributed by atoms with E-state index in [2.05, 4.69) is 17.2 Å². The van der Waals surface area contributed by atoms with Gasteiger partial charge in [0.25, 0.3) is 0 Å². The molecular weight excluding hydrogens is 220 g/mol. The molecule has 6 heteroatoms. The monoisotopic (exact) mass is 240 g/mol. The molecule has 0 fully saturated rings. The van der Waals surface area contributed by atoms with Crippen LogP contribution in [0.25, 0.3) is 0 Å². The third-order valence-electron chi connectivity index (χ3n) is 2.70. The molecule has 0 aliphatic carbocycles. The Morgan fingerprint density at radius 3 is 2.59 bits per heavy atom. The lowest BCUT2D eigenvalue weighted by molar-refractivity contribution is -0.390. The Kier molecular flexibility index (Phi) is 5.06. The Morgan fingerprint density at radius 1 is 1.35 bits per heavy atom. The largest absolute Gasteiger partial charge is 0.413 e. The highest BCUT2D eigenvalue weighted by atomic mass is 16.6. The minimum Gasteiger partial charge on any atom is -0.358 e. The summed E-state index contributed by atoms with van der Waals surface area (Å²) in [6, 6.07) is 0. The Morgan fingerprint density at radius 2 is 2.06 bits per heavy atom. The summed E-state index contributed by atoms with van der Waals surface area (Å²) in [7, 11) is 0. The summed E-state index contributed by atoms with van der Waals surface area (Å²) in [6.07, 6.45) is 4.48. The number of aryl methyl sites for hydroxylation is 1. The molecule has 17 heavy (non-hydrogen) atoms. The van der Waals surface area contributed by atoms with Crippen LogP contribution in [-0.4, -0.2) is 19.9 Å². The Hall–Kier alpha value is -1.46. The second-order valence-corrected chi connectivity index (χ2v) is 4.49. The van der Waals surface area contributed by atoms with Crippen LogP contribution in [0.2, 0.25) is 0 Å². The SMILES string of the molecule is CCCCCCn1nnc([N+](=O)[O-])c1C(C)C. The molecule has 0 aliphatic heterocycles. The van der Waals surface area contributed by atoms with E-state index in [-0.39, 0.29) is 11.7 Å². The van der Waals surface area contributed by atoms with Crippen LogP contribution in [0.4, 0.5) is 5.82 Å². The third kappa shape index (κ3) is 3.51. The van der Waals surface area contributed by atoms with Crippen molar-refractivity contribution < 1.29 is 4.92 Å². The first-order chi connectivity index (χ1) is 8.07. The van der Waals surface area contributed by atoms with Gasteiger partial charge in [-0.25, -0.2) is 4.68 Å². The molecule has 0 spiro atoms. The van der Waals surface area contributed by atoms with Crippen molar-refractivity contribution in [2.24, 2.45) is 0 Å². The molecule has 0 aromatic carbocycles. The normalized spacial score (nSPS) is 11.1. The van der Waals surface area contributed by atoms with Gasteiger partial charge < -0.3 is 10.1 Å². The average Bonchev–Trinajstić information content (AvgIpc) is 2.68. The van der Waals surface area contributed by atoms with Crippen molar-refractivity contribution in [3.8, 4) is 0 Å². The van der Waals surface area contributed by atoms with Gasteiger partial charge in [0, 0.05) is 12.5 Å². The van der Waals surface area contributed by atoms with E-state index in [4.69, 9.17) is 0 Å². The molecule has 0 bridgehead atoms. The fourth-order valence-electron chi connectivity index (χ4n) is 1.85. The van der Waals surface area contributed by atoms with E-state index in [0.717, 1.165) is 12.8 Å². The zero-order valence-electron chi connectivity index (χ0n) is 10.7. The zero-order valence-corrected chi connectivity index (χ0v) is 10.7. The molecule has 0 saturated heterocycles. The van der Waals surface area contributed by atoms with Crippen molar-refractivity contribution in [3.05, 3.63) is 15.8 Å². The van der Waals surface area contributed by atoms with Gasteiger partial charge in [0.1, 0.15) is 10.8 Å². The molecule has 0 N–H and O–H groups in total. The van der Waals surface area contributed by atoms with Gasteiger partial charge in [-0.15, -0.1) is 0 Å². The quantitative estimate of drug-likeness (QED) is 0.417. The standard InChI is InChI=1S/C11H20N4O2/c1-4-5-6-7-8-14-10(9(2)3)11(12-13-14)15(16)17/h9H,4-8H2,1-3H3. The number of aromatic nitrogens is 3. The van der Waals surface area contributed by atoms with Gasteiger partial charge in [0.15, 0.2) is 0 Å². The lowest BCUT2D eigenvalue weighted by atomic mass is 10.1. The van der Waals surface area contributed by atoms with Crippen LogP contribution >= 0.6 is 0 Å². The molecule has 0 unspecified atom stereocenters. The molecule has 1 rings (SSSR count). The van der Waals surface area contributed by atoms with Crippen LogP contribution in [0.3, 0.4) is 0 Å². The summed E-state index contributed by atoms with van der Waals surface area (Å²) in [5.74, 6) is -0.0351. The number of rotatable bonds is 7. The maximum Gasteiger partial charge on any atom is 0.413 e. The Bertz CT molecular complexity index is 374.